The van der Waals surface area contributed by atoms with Gasteiger partial charge in [0.05, 0.1) is 4.90 Å². The third-order valence-corrected chi connectivity index (χ3v) is 6.03. The van der Waals surface area contributed by atoms with Gasteiger partial charge in [-0.3, -0.25) is 4.79 Å². The molecule has 8 heteroatoms. The molecule has 0 saturated carbocycles. The number of benzene rings is 2. The normalized spacial score (nSPS) is 13.4. The molecule has 1 aliphatic heterocycles. The Morgan fingerprint density at radius 3 is 2.37 bits per heavy atom. The summed E-state index contributed by atoms with van der Waals surface area (Å²) in [6.07, 6.45) is 0.648. The minimum Gasteiger partial charge on any atom is -0.486 e. The second-order valence-electron chi connectivity index (χ2n) is 6.30. The Balaban J connectivity index is 1.56. The second kappa shape index (κ2) is 7.98. The van der Waals surface area contributed by atoms with Crippen molar-refractivity contribution in [3.8, 4) is 11.5 Å². The molecule has 1 N–H and O–H groups in total. The van der Waals surface area contributed by atoms with E-state index in [2.05, 4.69) is 5.32 Å². The zero-order valence-electron chi connectivity index (χ0n) is 15.3. The van der Waals surface area contributed by atoms with E-state index in [1.54, 1.807) is 0 Å². The van der Waals surface area contributed by atoms with Gasteiger partial charge in [-0.15, -0.1) is 0 Å². The largest absolute Gasteiger partial charge is 0.486 e. The molecule has 0 fully saturated rings. The van der Waals surface area contributed by atoms with Crippen molar-refractivity contribution in [1.82, 2.24) is 9.62 Å². The molecule has 7 nitrogen and oxygen atoms in total. The van der Waals surface area contributed by atoms with Crippen LogP contribution in [-0.2, 0) is 16.4 Å². The summed E-state index contributed by atoms with van der Waals surface area (Å²) in [4.78, 5) is 12.4. The van der Waals surface area contributed by atoms with Crippen molar-refractivity contribution in [2.75, 3.05) is 33.9 Å². The van der Waals surface area contributed by atoms with Crippen molar-refractivity contribution in [1.29, 1.82) is 0 Å². The lowest BCUT2D eigenvalue weighted by atomic mass is 10.1. The van der Waals surface area contributed by atoms with Crippen LogP contribution in [0, 0.1) is 0 Å². The van der Waals surface area contributed by atoms with Gasteiger partial charge >= 0.3 is 0 Å². The monoisotopic (exact) mass is 390 g/mol. The molecule has 2 aromatic carbocycles. The Morgan fingerprint density at radius 1 is 1.04 bits per heavy atom. The first-order valence-corrected chi connectivity index (χ1v) is 10.0. The number of carbonyl (C=O) groups is 1. The van der Waals surface area contributed by atoms with Crippen LogP contribution < -0.4 is 14.8 Å². The van der Waals surface area contributed by atoms with Gasteiger partial charge in [0.1, 0.15) is 13.2 Å². The van der Waals surface area contributed by atoms with Gasteiger partial charge in [0, 0.05) is 26.2 Å². The van der Waals surface area contributed by atoms with Crippen molar-refractivity contribution in [3.05, 3.63) is 53.6 Å². The fourth-order valence-electron chi connectivity index (χ4n) is 2.65. The van der Waals surface area contributed by atoms with Gasteiger partial charge in [-0.2, -0.15) is 0 Å². The lowest BCUT2D eigenvalue weighted by Gasteiger charge is -2.18. The van der Waals surface area contributed by atoms with E-state index >= 15 is 0 Å². The highest BCUT2D eigenvalue weighted by Gasteiger charge is 2.17. The standard InChI is InChI=1S/C19H22N2O5S/c1-21(2)27(23,24)16-6-4-15(5-7-16)19(22)20-10-9-14-3-8-17-18(13-14)26-12-11-25-17/h3-8,13H,9-12H2,1-2H3,(H,20,22). The molecule has 0 bridgehead atoms. The molecule has 0 spiro atoms. The lowest BCUT2D eigenvalue weighted by molar-refractivity contribution is 0.0954. The van der Waals surface area contributed by atoms with E-state index in [9.17, 15) is 13.2 Å². The zero-order chi connectivity index (χ0) is 19.4. The molecule has 0 saturated heterocycles. The third kappa shape index (κ3) is 4.40. The smallest absolute Gasteiger partial charge is 0.251 e. The Morgan fingerprint density at radius 2 is 1.70 bits per heavy atom. The van der Waals surface area contributed by atoms with Crippen LogP contribution in [0.4, 0.5) is 0 Å². The van der Waals surface area contributed by atoms with Crippen molar-refractivity contribution in [2.45, 2.75) is 11.3 Å². The Bertz CT molecular complexity index is 924. The number of hydrogen-bond acceptors (Lipinski definition) is 5. The molecule has 0 atom stereocenters. The topological polar surface area (TPSA) is 84.9 Å². The average Bonchev–Trinajstić information content (AvgIpc) is 2.67. The Hall–Kier alpha value is -2.58. The van der Waals surface area contributed by atoms with Crippen LogP contribution in [0.3, 0.4) is 0 Å². The quantitative estimate of drug-likeness (QED) is 0.811. The number of nitrogens with one attached hydrogen (secondary N) is 1. The number of amides is 1. The van der Waals surface area contributed by atoms with Crippen LogP contribution in [0.1, 0.15) is 15.9 Å². The molecule has 0 unspecified atom stereocenters. The summed E-state index contributed by atoms with van der Waals surface area (Å²) < 4.78 is 36.3. The van der Waals surface area contributed by atoms with E-state index in [-0.39, 0.29) is 10.8 Å². The van der Waals surface area contributed by atoms with Crippen LogP contribution in [0.25, 0.3) is 0 Å². The molecule has 0 aromatic heterocycles. The highest BCUT2D eigenvalue weighted by Crippen LogP contribution is 2.30. The van der Waals surface area contributed by atoms with Crippen molar-refractivity contribution in [2.24, 2.45) is 0 Å². The van der Waals surface area contributed by atoms with E-state index in [1.807, 2.05) is 18.2 Å². The molecule has 1 aliphatic rings. The summed E-state index contributed by atoms with van der Waals surface area (Å²) in [5, 5.41) is 2.84. The maximum absolute atomic E-state index is 12.2. The van der Waals surface area contributed by atoms with Crippen molar-refractivity contribution in [3.63, 3.8) is 0 Å². The molecule has 1 heterocycles. The maximum atomic E-state index is 12.2. The van der Waals surface area contributed by atoms with Crippen LogP contribution in [0.5, 0.6) is 11.5 Å². The summed E-state index contributed by atoms with van der Waals surface area (Å²) in [6, 6.07) is 11.6. The first-order chi connectivity index (χ1) is 12.9. The Labute approximate surface area is 158 Å². The van der Waals surface area contributed by atoms with E-state index in [4.69, 9.17) is 9.47 Å². The summed E-state index contributed by atoms with van der Waals surface area (Å²) in [7, 11) is -0.568. The molecule has 1 amide bonds. The van der Waals surface area contributed by atoms with Gasteiger partial charge in [-0.1, -0.05) is 6.07 Å². The lowest BCUT2D eigenvalue weighted by Crippen LogP contribution is -2.26. The minimum atomic E-state index is -3.50. The molecule has 3 rings (SSSR count). The van der Waals surface area contributed by atoms with E-state index < -0.39 is 10.0 Å². The van der Waals surface area contributed by atoms with Crippen molar-refractivity contribution >= 4 is 15.9 Å². The third-order valence-electron chi connectivity index (χ3n) is 4.20. The number of fused-ring (bicyclic) bond motifs is 1. The Kier molecular flexibility index (Phi) is 5.67. The number of rotatable bonds is 6. The SMILES string of the molecule is CN(C)S(=O)(=O)c1ccc(C(=O)NCCc2ccc3c(c2)OCCO3)cc1. The zero-order valence-corrected chi connectivity index (χ0v) is 16.1. The number of nitrogens with zero attached hydrogens (tertiary/aromatic N) is 1. The highest BCUT2D eigenvalue weighted by atomic mass is 32.2. The van der Waals surface area contributed by atoms with Crippen LogP contribution in [0.15, 0.2) is 47.4 Å². The molecule has 144 valence electrons. The number of ether oxygens (including phenoxy) is 2. The van der Waals surface area contributed by atoms with Crippen LogP contribution >= 0.6 is 0 Å². The predicted molar refractivity (Wildman–Crippen MR) is 101 cm³/mol. The van der Waals surface area contributed by atoms with Crippen molar-refractivity contribution < 1.29 is 22.7 Å². The first kappa shape index (κ1) is 19.2. The van der Waals surface area contributed by atoms with Crippen LogP contribution in [-0.4, -0.2) is 52.5 Å². The maximum Gasteiger partial charge on any atom is 0.251 e. The first-order valence-electron chi connectivity index (χ1n) is 8.57. The number of sulfonamides is 1. The van der Waals surface area contributed by atoms with Gasteiger partial charge in [-0.25, -0.2) is 12.7 Å². The van der Waals surface area contributed by atoms with Gasteiger partial charge < -0.3 is 14.8 Å². The minimum absolute atomic E-state index is 0.153. The van der Waals surface area contributed by atoms with Gasteiger partial charge in [0.2, 0.25) is 10.0 Å². The fourth-order valence-corrected chi connectivity index (χ4v) is 3.56. The molecule has 0 radical (unpaired) electrons. The summed E-state index contributed by atoms with van der Waals surface area (Å²) in [6.45, 7) is 1.54. The second-order valence-corrected chi connectivity index (χ2v) is 8.45. The van der Waals surface area contributed by atoms with Gasteiger partial charge in [0.15, 0.2) is 11.5 Å². The van der Waals surface area contributed by atoms with Crippen LogP contribution in [0.2, 0.25) is 0 Å². The molecule has 0 aliphatic carbocycles. The fraction of sp³-hybridized carbons (Fsp3) is 0.316. The predicted octanol–water partition coefficient (Wildman–Crippen LogP) is 1.68. The van der Waals surface area contributed by atoms with Gasteiger partial charge in [-0.05, 0) is 48.4 Å². The van der Waals surface area contributed by atoms with Gasteiger partial charge in [0.25, 0.3) is 5.91 Å². The molecule has 2 aromatic rings. The molecular weight excluding hydrogens is 368 g/mol. The molecule has 27 heavy (non-hydrogen) atoms. The number of hydrogen-bond donors (Lipinski definition) is 1. The number of carbonyl (C=O) groups excluding carboxylic acids is 1. The van der Waals surface area contributed by atoms with E-state index in [0.29, 0.717) is 31.7 Å². The summed E-state index contributed by atoms with van der Waals surface area (Å²) >= 11 is 0. The molecular formula is C19H22N2O5S. The van der Waals surface area contributed by atoms with E-state index in [0.717, 1.165) is 21.4 Å². The van der Waals surface area contributed by atoms with E-state index in [1.165, 1.54) is 38.4 Å². The summed E-state index contributed by atoms with van der Waals surface area (Å²) in [5.74, 6) is 1.21. The average molecular weight is 390 g/mol. The highest BCUT2D eigenvalue weighted by molar-refractivity contribution is 7.89. The summed E-state index contributed by atoms with van der Waals surface area (Å²) in [5.41, 5.74) is 1.45.